The minimum Gasteiger partial charge on any atom is -0.368 e. The Kier molecular flexibility index (Phi) is 3.25. The number of hydrogen-bond acceptors (Lipinski definition) is 3. The Bertz CT molecular complexity index is 422. The molecule has 0 saturated heterocycles. The molecule has 2 saturated carbocycles. The highest BCUT2D eigenvalue weighted by molar-refractivity contribution is 5.55. The van der Waals surface area contributed by atoms with Crippen LogP contribution in [0.15, 0.2) is 12.3 Å². The van der Waals surface area contributed by atoms with Gasteiger partial charge in [0.2, 0.25) is 0 Å². The average Bonchev–Trinajstić information content (AvgIpc) is 3.22. The Labute approximate surface area is 110 Å². The molecule has 18 heavy (non-hydrogen) atoms. The first kappa shape index (κ1) is 12.0. The summed E-state index contributed by atoms with van der Waals surface area (Å²) in [4.78, 5) is 7.10. The molecule has 2 fully saturated rings. The van der Waals surface area contributed by atoms with E-state index in [2.05, 4.69) is 28.2 Å². The molecule has 0 unspecified atom stereocenters. The minimum atomic E-state index is 0.794. The lowest BCUT2D eigenvalue weighted by atomic mass is 10.1. The fraction of sp³-hybridized carbons (Fsp3) is 0.667. The van der Waals surface area contributed by atoms with Gasteiger partial charge in [0, 0.05) is 42.3 Å². The highest BCUT2D eigenvalue weighted by atomic mass is 15.2. The van der Waals surface area contributed by atoms with Crippen molar-refractivity contribution in [3.63, 3.8) is 0 Å². The molecule has 0 amide bonds. The highest BCUT2D eigenvalue weighted by Gasteiger charge is 2.34. The van der Waals surface area contributed by atoms with Crippen molar-refractivity contribution < 1.29 is 0 Å². The molecule has 3 heteroatoms. The molecule has 98 valence electrons. The summed E-state index contributed by atoms with van der Waals surface area (Å²) in [6.07, 6.45) is 7.63. The van der Waals surface area contributed by atoms with Crippen LogP contribution in [0.2, 0.25) is 0 Å². The summed E-state index contributed by atoms with van der Waals surface area (Å²) in [6.45, 7) is 4.26. The van der Waals surface area contributed by atoms with E-state index in [0.717, 1.165) is 24.2 Å². The molecular weight excluding hydrogens is 222 g/mol. The van der Waals surface area contributed by atoms with Crippen molar-refractivity contribution in [2.24, 2.45) is 5.92 Å². The maximum absolute atomic E-state index is 4.45. The fourth-order valence-electron chi connectivity index (χ4n) is 2.58. The summed E-state index contributed by atoms with van der Waals surface area (Å²) >= 11 is 0. The van der Waals surface area contributed by atoms with Crippen molar-refractivity contribution in [3.8, 4) is 0 Å². The van der Waals surface area contributed by atoms with Gasteiger partial charge in [-0.2, -0.15) is 0 Å². The first-order valence-electron chi connectivity index (χ1n) is 7.14. The second-order valence-electron chi connectivity index (χ2n) is 5.81. The van der Waals surface area contributed by atoms with Crippen LogP contribution in [-0.2, 0) is 6.54 Å². The summed E-state index contributed by atoms with van der Waals surface area (Å²) in [5.74, 6) is 0.946. The average molecular weight is 245 g/mol. The maximum Gasteiger partial charge on any atom is 0.0448 e. The summed E-state index contributed by atoms with van der Waals surface area (Å²) in [5.41, 5.74) is 3.90. The van der Waals surface area contributed by atoms with Crippen molar-refractivity contribution in [3.05, 3.63) is 23.5 Å². The van der Waals surface area contributed by atoms with Gasteiger partial charge >= 0.3 is 0 Å². The third-order valence-corrected chi connectivity index (χ3v) is 3.91. The van der Waals surface area contributed by atoms with E-state index in [1.807, 2.05) is 13.2 Å². The van der Waals surface area contributed by atoms with E-state index in [1.54, 1.807) is 0 Å². The van der Waals surface area contributed by atoms with Gasteiger partial charge in [0.05, 0.1) is 0 Å². The molecule has 3 rings (SSSR count). The third-order valence-electron chi connectivity index (χ3n) is 3.91. The Morgan fingerprint density at radius 3 is 2.72 bits per heavy atom. The second-order valence-corrected chi connectivity index (χ2v) is 5.81. The molecule has 1 aromatic heterocycles. The van der Waals surface area contributed by atoms with E-state index in [1.165, 1.54) is 43.5 Å². The van der Waals surface area contributed by atoms with Crippen LogP contribution in [0.4, 0.5) is 5.69 Å². The van der Waals surface area contributed by atoms with Crippen LogP contribution in [0.1, 0.15) is 36.9 Å². The molecule has 2 aliphatic carbocycles. The van der Waals surface area contributed by atoms with Gasteiger partial charge in [0.25, 0.3) is 0 Å². The number of rotatable bonds is 6. The van der Waals surface area contributed by atoms with Crippen LogP contribution >= 0.6 is 0 Å². The predicted molar refractivity (Wildman–Crippen MR) is 74.8 cm³/mol. The van der Waals surface area contributed by atoms with Crippen LogP contribution in [0.3, 0.4) is 0 Å². The first-order chi connectivity index (χ1) is 8.78. The molecule has 0 atom stereocenters. The van der Waals surface area contributed by atoms with Gasteiger partial charge in [-0.15, -0.1) is 0 Å². The number of nitrogens with zero attached hydrogens (tertiary/aromatic N) is 2. The van der Waals surface area contributed by atoms with Crippen molar-refractivity contribution in [2.45, 2.75) is 45.2 Å². The number of anilines is 1. The summed E-state index contributed by atoms with van der Waals surface area (Å²) in [5, 5.41) is 3.26. The van der Waals surface area contributed by atoms with Gasteiger partial charge in [-0.05, 0) is 51.6 Å². The van der Waals surface area contributed by atoms with Crippen molar-refractivity contribution in [1.82, 2.24) is 10.3 Å². The van der Waals surface area contributed by atoms with Crippen LogP contribution < -0.4 is 10.2 Å². The minimum absolute atomic E-state index is 0.794. The molecule has 1 aromatic rings. The van der Waals surface area contributed by atoms with Crippen LogP contribution in [0, 0.1) is 12.8 Å². The van der Waals surface area contributed by atoms with Gasteiger partial charge in [-0.25, -0.2) is 0 Å². The topological polar surface area (TPSA) is 28.2 Å². The lowest BCUT2D eigenvalue weighted by Crippen LogP contribution is -2.29. The van der Waals surface area contributed by atoms with Crippen LogP contribution in [-0.4, -0.2) is 24.6 Å². The predicted octanol–water partition coefficient (Wildman–Crippen LogP) is 2.49. The zero-order valence-electron chi connectivity index (χ0n) is 11.4. The number of nitrogens with one attached hydrogen (secondary N) is 1. The normalized spacial score (nSPS) is 19.0. The third kappa shape index (κ3) is 2.66. The quantitative estimate of drug-likeness (QED) is 0.834. The molecule has 0 radical (unpaired) electrons. The van der Waals surface area contributed by atoms with Gasteiger partial charge < -0.3 is 10.2 Å². The summed E-state index contributed by atoms with van der Waals surface area (Å²) in [7, 11) is 2.01. The van der Waals surface area contributed by atoms with Crippen molar-refractivity contribution in [2.75, 3.05) is 18.5 Å². The Balaban J connectivity index is 1.87. The molecule has 3 nitrogen and oxygen atoms in total. The smallest absolute Gasteiger partial charge is 0.0448 e. The first-order valence-corrected chi connectivity index (χ1v) is 7.14. The van der Waals surface area contributed by atoms with E-state index in [0.29, 0.717) is 0 Å². The number of aryl methyl sites for hydroxylation is 1. The standard InChI is InChI=1S/C15H23N3/c1-11-7-15(13(8-16-2)9-17-11)18(14-5-6-14)10-12-3-4-12/h7,9,12,14,16H,3-6,8,10H2,1-2H3. The van der Waals surface area contributed by atoms with E-state index in [9.17, 15) is 0 Å². The van der Waals surface area contributed by atoms with Crippen LogP contribution in [0.5, 0.6) is 0 Å². The van der Waals surface area contributed by atoms with E-state index >= 15 is 0 Å². The molecule has 1 N–H and O–H groups in total. The lowest BCUT2D eigenvalue weighted by molar-refractivity contribution is 0.706. The lowest BCUT2D eigenvalue weighted by Gasteiger charge is -2.27. The molecular formula is C15H23N3. The highest BCUT2D eigenvalue weighted by Crippen LogP contribution is 2.38. The number of hydrogen-bond donors (Lipinski definition) is 1. The largest absolute Gasteiger partial charge is 0.368 e. The van der Waals surface area contributed by atoms with Gasteiger partial charge in [0.15, 0.2) is 0 Å². The molecule has 0 aliphatic heterocycles. The van der Waals surface area contributed by atoms with Gasteiger partial charge in [-0.3, -0.25) is 4.98 Å². The van der Waals surface area contributed by atoms with Crippen molar-refractivity contribution in [1.29, 1.82) is 0 Å². The fourth-order valence-corrected chi connectivity index (χ4v) is 2.58. The zero-order valence-corrected chi connectivity index (χ0v) is 11.4. The van der Waals surface area contributed by atoms with Gasteiger partial charge in [-0.1, -0.05) is 0 Å². The molecule has 1 heterocycles. The maximum atomic E-state index is 4.45. The number of aromatic nitrogens is 1. The van der Waals surface area contributed by atoms with E-state index < -0.39 is 0 Å². The molecule has 0 aromatic carbocycles. The Morgan fingerprint density at radius 1 is 1.33 bits per heavy atom. The van der Waals surface area contributed by atoms with Gasteiger partial charge in [0.1, 0.15) is 0 Å². The summed E-state index contributed by atoms with van der Waals surface area (Å²) < 4.78 is 0. The van der Waals surface area contributed by atoms with Crippen LogP contribution in [0.25, 0.3) is 0 Å². The van der Waals surface area contributed by atoms with E-state index in [-0.39, 0.29) is 0 Å². The van der Waals surface area contributed by atoms with Crippen molar-refractivity contribution >= 4 is 5.69 Å². The monoisotopic (exact) mass is 245 g/mol. The second kappa shape index (κ2) is 4.88. The summed E-state index contributed by atoms with van der Waals surface area (Å²) in [6, 6.07) is 3.07. The Morgan fingerprint density at radius 2 is 2.11 bits per heavy atom. The Hall–Kier alpha value is -1.09. The zero-order chi connectivity index (χ0) is 12.5. The molecule has 2 aliphatic rings. The SMILES string of the molecule is CNCc1cnc(C)cc1N(CC1CC1)C1CC1. The van der Waals surface area contributed by atoms with E-state index in [4.69, 9.17) is 0 Å². The molecule has 0 bridgehead atoms. The molecule has 0 spiro atoms. The number of pyridine rings is 1.